The summed E-state index contributed by atoms with van der Waals surface area (Å²) >= 11 is 0. The molecule has 1 saturated heterocycles. The Kier molecular flexibility index (Phi) is 8.66. The van der Waals surface area contributed by atoms with E-state index in [0.717, 1.165) is 41.0 Å². The smallest absolute Gasteiger partial charge is 0.319 e. The summed E-state index contributed by atoms with van der Waals surface area (Å²) in [6, 6.07) is 16.5. The maximum absolute atomic E-state index is 13.3. The first-order valence-electron chi connectivity index (χ1n) is 15.4. The molecule has 244 valence electrons. The number of amides is 2. The van der Waals surface area contributed by atoms with Crippen molar-refractivity contribution in [3.8, 4) is 5.75 Å². The van der Waals surface area contributed by atoms with E-state index in [2.05, 4.69) is 37.5 Å². The number of benzene rings is 2. The van der Waals surface area contributed by atoms with Crippen LogP contribution in [0.5, 0.6) is 5.75 Å². The lowest BCUT2D eigenvalue weighted by atomic mass is 9.85. The molecule has 2 aromatic heterocycles. The second-order valence-corrected chi connectivity index (χ2v) is 14.9. The van der Waals surface area contributed by atoms with Gasteiger partial charge in [0.05, 0.1) is 43.4 Å². The summed E-state index contributed by atoms with van der Waals surface area (Å²) in [6.45, 7) is 8.17. The lowest BCUT2D eigenvalue weighted by Gasteiger charge is -2.32. The highest BCUT2D eigenvalue weighted by molar-refractivity contribution is 7.92. The van der Waals surface area contributed by atoms with Crippen LogP contribution >= 0.6 is 0 Å². The van der Waals surface area contributed by atoms with Gasteiger partial charge >= 0.3 is 6.03 Å². The molecule has 6 rings (SSSR count). The standard InChI is InChI=1S/C33H41N7O5S/c1-33(2,3)21-16-22(18-23(17-21)38-46(5,42)43)34-32(41)35-27-11-12-29(26-9-7-6-8-25(26)27)45-24-10-13-30-36-37-31(40(30)19-24)28-20-44-15-14-39(28)4/h6-10,13,16-19,27-29,38H,11-12,14-15,20H2,1-5H3,(H2,34,35,41)/t27-,28-,29+/m0/s1. The summed E-state index contributed by atoms with van der Waals surface area (Å²) in [4.78, 5) is 15.5. The van der Waals surface area contributed by atoms with Crippen molar-refractivity contribution in [2.24, 2.45) is 0 Å². The number of nitrogens with one attached hydrogen (secondary N) is 3. The fourth-order valence-electron chi connectivity index (χ4n) is 6.06. The molecule has 2 aliphatic rings. The van der Waals surface area contributed by atoms with E-state index < -0.39 is 10.0 Å². The molecule has 46 heavy (non-hydrogen) atoms. The van der Waals surface area contributed by atoms with Crippen molar-refractivity contribution in [3.63, 3.8) is 0 Å². The molecular formula is C33H41N7O5S. The minimum absolute atomic E-state index is 0.00542. The minimum atomic E-state index is -3.49. The van der Waals surface area contributed by atoms with Crippen LogP contribution in [0.1, 0.15) is 74.3 Å². The summed E-state index contributed by atoms with van der Waals surface area (Å²) in [5.41, 5.74) is 4.26. The Labute approximate surface area is 269 Å². The molecular weight excluding hydrogens is 606 g/mol. The molecule has 3 atom stereocenters. The number of ether oxygens (including phenoxy) is 2. The molecule has 12 nitrogen and oxygen atoms in total. The first kappa shape index (κ1) is 31.8. The van der Waals surface area contributed by atoms with Crippen LogP contribution in [0.15, 0.2) is 60.8 Å². The van der Waals surface area contributed by atoms with E-state index >= 15 is 0 Å². The summed E-state index contributed by atoms with van der Waals surface area (Å²) in [6.07, 6.45) is 4.19. The second-order valence-electron chi connectivity index (χ2n) is 13.1. The summed E-state index contributed by atoms with van der Waals surface area (Å²) in [5.74, 6) is 1.52. The highest BCUT2D eigenvalue weighted by Gasteiger charge is 2.30. The average molecular weight is 648 g/mol. The predicted molar refractivity (Wildman–Crippen MR) is 177 cm³/mol. The van der Waals surface area contributed by atoms with Crippen molar-refractivity contribution in [2.75, 3.05) is 43.1 Å². The SMILES string of the molecule is CN1CCOC[C@H]1c1nnc2ccc(O[C@@H]3CC[C@H](NC(=O)Nc4cc(NS(C)(=O)=O)cc(C(C)(C)C)c4)c4ccccc43)cn12. The molecule has 0 unspecified atom stereocenters. The number of rotatable bonds is 7. The Bertz CT molecular complexity index is 1850. The number of carbonyl (C=O) groups excluding carboxylic acids is 1. The largest absolute Gasteiger partial charge is 0.484 e. The molecule has 1 fully saturated rings. The van der Waals surface area contributed by atoms with Crippen LogP contribution in [0.2, 0.25) is 0 Å². The molecule has 1 aliphatic carbocycles. The first-order valence-corrected chi connectivity index (χ1v) is 17.3. The molecule has 4 aromatic rings. The quantitative estimate of drug-likeness (QED) is 0.250. The number of hydrogen-bond acceptors (Lipinski definition) is 8. The Morgan fingerprint density at radius 1 is 1.02 bits per heavy atom. The van der Waals surface area contributed by atoms with Crippen LogP contribution in [0, 0.1) is 0 Å². The number of pyridine rings is 1. The molecule has 0 spiro atoms. The van der Waals surface area contributed by atoms with E-state index in [1.165, 1.54) is 0 Å². The van der Waals surface area contributed by atoms with Gasteiger partial charge in [0.2, 0.25) is 10.0 Å². The molecule has 2 amide bonds. The zero-order valence-electron chi connectivity index (χ0n) is 26.8. The number of sulfonamides is 1. The third-order valence-corrected chi connectivity index (χ3v) is 9.08. The van der Waals surface area contributed by atoms with Crippen molar-refractivity contribution in [1.29, 1.82) is 0 Å². The maximum atomic E-state index is 13.3. The van der Waals surface area contributed by atoms with Gasteiger partial charge in [0.15, 0.2) is 11.5 Å². The normalized spacial score (nSPS) is 20.6. The number of urea groups is 1. The lowest BCUT2D eigenvalue weighted by molar-refractivity contribution is 0.00144. The van der Waals surface area contributed by atoms with E-state index in [0.29, 0.717) is 43.2 Å². The number of aromatic nitrogens is 3. The fraction of sp³-hybridized carbons (Fsp3) is 0.424. The van der Waals surface area contributed by atoms with Crippen molar-refractivity contribution in [3.05, 3.63) is 83.3 Å². The van der Waals surface area contributed by atoms with E-state index in [9.17, 15) is 13.2 Å². The van der Waals surface area contributed by atoms with Crippen LogP contribution < -0.4 is 20.1 Å². The summed E-state index contributed by atoms with van der Waals surface area (Å²) < 4.78 is 40.6. The highest BCUT2D eigenvalue weighted by atomic mass is 32.2. The number of fused-ring (bicyclic) bond motifs is 2. The van der Waals surface area contributed by atoms with Gasteiger partial charge in [-0.1, -0.05) is 45.0 Å². The van der Waals surface area contributed by atoms with Gasteiger partial charge < -0.3 is 20.1 Å². The van der Waals surface area contributed by atoms with Crippen LogP contribution in [0.25, 0.3) is 5.65 Å². The van der Waals surface area contributed by atoms with Crippen molar-refractivity contribution >= 4 is 33.1 Å². The van der Waals surface area contributed by atoms with Gasteiger partial charge in [-0.2, -0.15) is 0 Å². The molecule has 13 heteroatoms. The highest BCUT2D eigenvalue weighted by Crippen LogP contribution is 2.39. The number of hydrogen-bond donors (Lipinski definition) is 3. The van der Waals surface area contributed by atoms with Crippen LogP contribution in [-0.4, -0.2) is 67.0 Å². The molecule has 0 radical (unpaired) electrons. The predicted octanol–water partition coefficient (Wildman–Crippen LogP) is 5.18. The molecule has 3 N–H and O–H groups in total. The summed E-state index contributed by atoms with van der Waals surface area (Å²) in [7, 11) is -1.43. The molecule has 3 heterocycles. The van der Waals surface area contributed by atoms with E-state index in [-0.39, 0.29) is 29.6 Å². The summed E-state index contributed by atoms with van der Waals surface area (Å²) in [5, 5.41) is 14.9. The average Bonchev–Trinajstić information content (AvgIpc) is 3.40. The third-order valence-electron chi connectivity index (χ3n) is 8.48. The van der Waals surface area contributed by atoms with Crippen LogP contribution in [0.4, 0.5) is 16.2 Å². The zero-order valence-corrected chi connectivity index (χ0v) is 27.6. The monoisotopic (exact) mass is 647 g/mol. The second kappa shape index (κ2) is 12.5. The molecule has 2 aromatic carbocycles. The van der Waals surface area contributed by atoms with Crippen molar-refractivity contribution < 1.29 is 22.7 Å². The number of nitrogens with zero attached hydrogens (tertiary/aromatic N) is 4. The maximum Gasteiger partial charge on any atom is 0.319 e. The third kappa shape index (κ3) is 7.11. The van der Waals surface area contributed by atoms with Gasteiger partial charge in [0.1, 0.15) is 11.9 Å². The minimum Gasteiger partial charge on any atom is -0.484 e. The Balaban J connectivity index is 1.18. The van der Waals surface area contributed by atoms with Crippen LogP contribution in [-0.2, 0) is 20.2 Å². The van der Waals surface area contributed by atoms with E-state index in [1.54, 1.807) is 12.1 Å². The van der Waals surface area contributed by atoms with Crippen LogP contribution in [0.3, 0.4) is 0 Å². The Morgan fingerprint density at radius 3 is 2.52 bits per heavy atom. The van der Waals surface area contributed by atoms with Gasteiger partial charge in [-0.25, -0.2) is 13.2 Å². The van der Waals surface area contributed by atoms with Gasteiger partial charge in [-0.05, 0) is 72.3 Å². The first-order chi connectivity index (χ1) is 21.8. The topological polar surface area (TPSA) is 139 Å². The van der Waals surface area contributed by atoms with Gasteiger partial charge in [-0.3, -0.25) is 14.0 Å². The Hall–Kier alpha value is -4.20. The van der Waals surface area contributed by atoms with Crippen molar-refractivity contribution in [1.82, 2.24) is 24.8 Å². The number of anilines is 2. The number of likely N-dealkylation sites (N-methyl/N-ethyl adjacent to an activating group) is 1. The fourth-order valence-corrected chi connectivity index (χ4v) is 6.61. The van der Waals surface area contributed by atoms with E-state index in [1.807, 2.05) is 73.8 Å². The Morgan fingerprint density at radius 2 is 1.78 bits per heavy atom. The van der Waals surface area contributed by atoms with Gasteiger partial charge in [-0.15, -0.1) is 10.2 Å². The number of carbonyl (C=O) groups is 1. The molecule has 1 aliphatic heterocycles. The molecule has 0 saturated carbocycles. The van der Waals surface area contributed by atoms with Crippen molar-refractivity contribution in [2.45, 2.75) is 57.2 Å². The lowest BCUT2D eigenvalue weighted by Crippen LogP contribution is -2.37. The zero-order chi connectivity index (χ0) is 32.6. The molecule has 0 bridgehead atoms. The number of morpholine rings is 1. The van der Waals surface area contributed by atoms with Gasteiger partial charge in [0, 0.05) is 12.2 Å². The van der Waals surface area contributed by atoms with E-state index in [4.69, 9.17) is 9.47 Å². The van der Waals surface area contributed by atoms with Gasteiger partial charge in [0.25, 0.3) is 0 Å².